The number of hydrogen-bond acceptors (Lipinski definition) is 4. The fourth-order valence-electron chi connectivity index (χ4n) is 1.89. The summed E-state index contributed by atoms with van der Waals surface area (Å²) in [5.74, 6) is 5.55. The molecule has 4 nitrogen and oxygen atoms in total. The molecule has 90 valence electrons. The molecule has 2 aromatic rings. The second-order valence-electron chi connectivity index (χ2n) is 3.94. The van der Waals surface area contributed by atoms with Gasteiger partial charge in [-0.05, 0) is 30.2 Å². The van der Waals surface area contributed by atoms with Gasteiger partial charge in [0, 0.05) is 12.5 Å². The molecule has 0 aliphatic rings. The second kappa shape index (κ2) is 5.12. The number of benzene rings is 1. The number of pyridine rings is 1. The minimum Gasteiger partial charge on any atom is -0.378 e. The van der Waals surface area contributed by atoms with E-state index in [1.807, 2.05) is 12.1 Å². The van der Waals surface area contributed by atoms with Crippen molar-refractivity contribution in [3.8, 4) is 0 Å². The Hall–Kier alpha value is -1.65. The Morgan fingerprint density at radius 3 is 2.82 bits per heavy atom. The van der Waals surface area contributed by atoms with E-state index >= 15 is 0 Å². The normalized spacial score (nSPS) is 10.8. The summed E-state index contributed by atoms with van der Waals surface area (Å²) in [5, 5.41) is 1.05. The third-order valence-corrected chi connectivity index (χ3v) is 2.78. The first-order valence-corrected chi connectivity index (χ1v) is 5.66. The van der Waals surface area contributed by atoms with Crippen molar-refractivity contribution < 1.29 is 4.74 Å². The fraction of sp³-hybridized carbons (Fsp3) is 0.308. The quantitative estimate of drug-likeness (QED) is 0.625. The lowest BCUT2D eigenvalue weighted by molar-refractivity contribution is 0.182. The lowest BCUT2D eigenvalue weighted by atomic mass is 10.1. The summed E-state index contributed by atoms with van der Waals surface area (Å²) < 4.78 is 5.09. The minimum absolute atomic E-state index is 0.486. The summed E-state index contributed by atoms with van der Waals surface area (Å²) in [6.45, 7) is 2.61. The summed E-state index contributed by atoms with van der Waals surface area (Å²) in [7, 11) is 1.65. The van der Waals surface area contributed by atoms with Gasteiger partial charge in [-0.15, -0.1) is 0 Å². The first-order chi connectivity index (χ1) is 8.28. The number of nitrogens with two attached hydrogens (primary N) is 1. The van der Waals surface area contributed by atoms with Gasteiger partial charge in [0.2, 0.25) is 0 Å². The maximum absolute atomic E-state index is 5.55. The number of methoxy groups -OCH3 is 1. The molecular weight excluding hydrogens is 214 g/mol. The van der Waals surface area contributed by atoms with Gasteiger partial charge < -0.3 is 10.2 Å². The van der Waals surface area contributed by atoms with E-state index in [-0.39, 0.29) is 0 Å². The van der Waals surface area contributed by atoms with Gasteiger partial charge in [-0.1, -0.05) is 13.0 Å². The number of hydrogen-bond donors (Lipinski definition) is 2. The maximum atomic E-state index is 5.55. The number of aryl methyl sites for hydroxylation is 1. The predicted octanol–water partition coefficient (Wildman–Crippen LogP) is 2.23. The van der Waals surface area contributed by atoms with Gasteiger partial charge in [-0.25, -0.2) is 0 Å². The smallest absolute Gasteiger partial charge is 0.0885 e. The monoisotopic (exact) mass is 231 g/mol. The van der Waals surface area contributed by atoms with Crippen LogP contribution in [0.5, 0.6) is 0 Å². The fourth-order valence-corrected chi connectivity index (χ4v) is 1.89. The van der Waals surface area contributed by atoms with Crippen molar-refractivity contribution >= 4 is 16.6 Å². The van der Waals surface area contributed by atoms with E-state index in [9.17, 15) is 0 Å². The molecule has 0 saturated carbocycles. The number of nitrogen functional groups attached to an aromatic ring is 1. The molecule has 0 aliphatic heterocycles. The van der Waals surface area contributed by atoms with Crippen molar-refractivity contribution in [3.63, 3.8) is 0 Å². The molecule has 1 aromatic heterocycles. The molecule has 0 atom stereocenters. The van der Waals surface area contributed by atoms with Crippen molar-refractivity contribution in [2.45, 2.75) is 20.0 Å². The van der Waals surface area contributed by atoms with Crippen molar-refractivity contribution in [2.24, 2.45) is 5.84 Å². The molecular formula is C13H17N3O. The maximum Gasteiger partial charge on any atom is 0.0885 e. The average Bonchev–Trinajstić information content (AvgIpc) is 2.37. The van der Waals surface area contributed by atoms with Gasteiger partial charge in [0.15, 0.2) is 0 Å². The van der Waals surface area contributed by atoms with Crippen LogP contribution in [-0.4, -0.2) is 12.1 Å². The topological polar surface area (TPSA) is 60.2 Å². The summed E-state index contributed by atoms with van der Waals surface area (Å²) in [6, 6.07) is 8.15. The zero-order valence-corrected chi connectivity index (χ0v) is 10.2. The molecule has 0 unspecified atom stereocenters. The number of aromatic nitrogens is 1. The molecule has 0 saturated heterocycles. The summed E-state index contributed by atoms with van der Waals surface area (Å²) in [4.78, 5) is 4.53. The molecule has 0 bridgehead atoms. The molecule has 17 heavy (non-hydrogen) atoms. The number of nitrogens with one attached hydrogen (secondary N) is 1. The largest absolute Gasteiger partial charge is 0.378 e. The van der Waals surface area contributed by atoms with Crippen LogP contribution in [-0.2, 0) is 17.8 Å². The van der Waals surface area contributed by atoms with E-state index in [2.05, 4.69) is 29.5 Å². The second-order valence-corrected chi connectivity index (χ2v) is 3.94. The van der Waals surface area contributed by atoms with Crippen LogP contribution in [0.2, 0.25) is 0 Å². The highest BCUT2D eigenvalue weighted by Crippen LogP contribution is 2.24. The lowest BCUT2D eigenvalue weighted by Crippen LogP contribution is -2.08. The molecule has 2 rings (SSSR count). The number of hydrazine groups is 1. The third-order valence-electron chi connectivity index (χ3n) is 2.78. The van der Waals surface area contributed by atoms with Crippen LogP contribution >= 0.6 is 0 Å². The van der Waals surface area contributed by atoms with Gasteiger partial charge in [-0.3, -0.25) is 10.8 Å². The van der Waals surface area contributed by atoms with E-state index in [4.69, 9.17) is 10.6 Å². The van der Waals surface area contributed by atoms with Crippen LogP contribution < -0.4 is 11.3 Å². The lowest BCUT2D eigenvalue weighted by Gasteiger charge is -2.09. The number of ether oxygens (including phenoxy) is 1. The first kappa shape index (κ1) is 11.8. The van der Waals surface area contributed by atoms with Crippen LogP contribution in [0.4, 0.5) is 5.69 Å². The van der Waals surface area contributed by atoms with Crippen LogP contribution in [0.15, 0.2) is 24.3 Å². The van der Waals surface area contributed by atoms with Crippen molar-refractivity contribution in [1.82, 2.24) is 4.98 Å². The van der Waals surface area contributed by atoms with Gasteiger partial charge in [0.25, 0.3) is 0 Å². The Morgan fingerprint density at radius 2 is 2.18 bits per heavy atom. The standard InChI is InChI=1S/C13H17N3O/c1-3-9-4-5-12-11(6-9)13(16-14)7-10(15-12)8-17-2/h4-7H,3,8,14H2,1-2H3,(H,15,16). The highest BCUT2D eigenvalue weighted by atomic mass is 16.5. The molecule has 0 fully saturated rings. The Balaban J connectivity index is 2.60. The van der Waals surface area contributed by atoms with Crippen LogP contribution in [0.3, 0.4) is 0 Å². The van der Waals surface area contributed by atoms with E-state index in [1.54, 1.807) is 7.11 Å². The van der Waals surface area contributed by atoms with E-state index in [0.717, 1.165) is 28.7 Å². The molecule has 0 aliphatic carbocycles. The zero-order valence-electron chi connectivity index (χ0n) is 10.2. The van der Waals surface area contributed by atoms with Gasteiger partial charge in [-0.2, -0.15) is 0 Å². The minimum atomic E-state index is 0.486. The summed E-state index contributed by atoms with van der Waals surface area (Å²) >= 11 is 0. The SMILES string of the molecule is CCc1ccc2nc(COC)cc(NN)c2c1. The highest BCUT2D eigenvalue weighted by Gasteiger charge is 2.05. The Labute approximate surface area is 101 Å². The van der Waals surface area contributed by atoms with Crippen molar-refractivity contribution in [2.75, 3.05) is 12.5 Å². The molecule has 0 spiro atoms. The summed E-state index contributed by atoms with van der Waals surface area (Å²) in [6.07, 6.45) is 1.000. The first-order valence-electron chi connectivity index (χ1n) is 5.66. The van der Waals surface area contributed by atoms with E-state index < -0.39 is 0 Å². The van der Waals surface area contributed by atoms with E-state index in [1.165, 1.54) is 5.56 Å². The van der Waals surface area contributed by atoms with E-state index in [0.29, 0.717) is 6.61 Å². The summed E-state index contributed by atoms with van der Waals surface area (Å²) in [5.41, 5.74) is 6.69. The van der Waals surface area contributed by atoms with Gasteiger partial charge in [0.1, 0.15) is 0 Å². The molecule has 3 N–H and O–H groups in total. The third kappa shape index (κ3) is 2.38. The number of anilines is 1. The zero-order chi connectivity index (χ0) is 12.3. The molecule has 0 amide bonds. The van der Waals surface area contributed by atoms with Crippen molar-refractivity contribution in [3.05, 3.63) is 35.5 Å². The van der Waals surface area contributed by atoms with Crippen LogP contribution in [0.1, 0.15) is 18.2 Å². The van der Waals surface area contributed by atoms with Crippen LogP contribution in [0.25, 0.3) is 10.9 Å². The van der Waals surface area contributed by atoms with Crippen molar-refractivity contribution in [1.29, 1.82) is 0 Å². The Bertz CT molecular complexity index is 525. The molecule has 4 heteroatoms. The van der Waals surface area contributed by atoms with Gasteiger partial charge in [0.05, 0.1) is 23.5 Å². The number of nitrogens with zero attached hydrogens (tertiary/aromatic N) is 1. The average molecular weight is 231 g/mol. The number of rotatable bonds is 4. The highest BCUT2D eigenvalue weighted by molar-refractivity contribution is 5.91. The molecule has 0 radical (unpaired) electrons. The number of fused-ring (bicyclic) bond motifs is 1. The predicted molar refractivity (Wildman–Crippen MR) is 69.6 cm³/mol. The Morgan fingerprint density at radius 1 is 1.35 bits per heavy atom. The molecule has 1 heterocycles. The van der Waals surface area contributed by atoms with Gasteiger partial charge >= 0.3 is 0 Å². The van der Waals surface area contributed by atoms with Crippen LogP contribution in [0, 0.1) is 0 Å². The Kier molecular flexibility index (Phi) is 3.56. The molecule has 1 aromatic carbocycles.